The van der Waals surface area contributed by atoms with Gasteiger partial charge in [-0.15, -0.1) is 0 Å². The molecular formula is C13H17Br3N2. The predicted octanol–water partition coefficient (Wildman–Crippen LogP) is 4.73. The van der Waals surface area contributed by atoms with Crippen molar-refractivity contribution < 1.29 is 0 Å². The molecule has 1 unspecified atom stereocenters. The van der Waals surface area contributed by atoms with Gasteiger partial charge in [0.15, 0.2) is 0 Å². The second-order valence-electron chi connectivity index (χ2n) is 4.90. The van der Waals surface area contributed by atoms with Crippen molar-refractivity contribution in [2.75, 3.05) is 32.0 Å². The van der Waals surface area contributed by atoms with Crippen molar-refractivity contribution in [1.82, 2.24) is 4.90 Å². The molecule has 1 fully saturated rings. The van der Waals surface area contributed by atoms with Crippen molar-refractivity contribution in [2.24, 2.45) is 5.92 Å². The molecule has 1 saturated heterocycles. The van der Waals surface area contributed by atoms with Crippen LogP contribution in [-0.4, -0.2) is 31.6 Å². The lowest BCUT2D eigenvalue weighted by molar-refractivity contribution is 0.217. The number of benzene rings is 1. The molecular weight excluding hydrogens is 424 g/mol. The summed E-state index contributed by atoms with van der Waals surface area (Å²) in [7, 11) is 2.21. The van der Waals surface area contributed by atoms with Gasteiger partial charge in [-0.2, -0.15) is 0 Å². The lowest BCUT2D eigenvalue weighted by Crippen LogP contribution is -2.35. The normalized spacial score (nSPS) is 21.0. The lowest BCUT2D eigenvalue weighted by Gasteiger charge is -2.30. The van der Waals surface area contributed by atoms with Gasteiger partial charge in [-0.25, -0.2) is 0 Å². The third-order valence-corrected chi connectivity index (χ3v) is 5.01. The summed E-state index contributed by atoms with van der Waals surface area (Å²) in [6.45, 7) is 3.46. The standard InChI is InChI=1S/C13H17Br3N2/c1-18-4-2-3-9(8-18)7-17-13-11(15)5-10(14)6-12(13)16/h5-6,9,17H,2-4,7-8H2,1H3. The van der Waals surface area contributed by atoms with Crippen LogP contribution in [-0.2, 0) is 0 Å². The Morgan fingerprint density at radius 3 is 2.56 bits per heavy atom. The second-order valence-corrected chi connectivity index (χ2v) is 7.52. The molecule has 1 heterocycles. The van der Waals surface area contributed by atoms with Crippen LogP contribution in [0, 0.1) is 5.92 Å². The summed E-state index contributed by atoms with van der Waals surface area (Å²) < 4.78 is 3.25. The molecule has 1 aliphatic heterocycles. The third-order valence-electron chi connectivity index (χ3n) is 3.30. The lowest BCUT2D eigenvalue weighted by atomic mass is 9.98. The zero-order valence-electron chi connectivity index (χ0n) is 10.3. The van der Waals surface area contributed by atoms with Gasteiger partial charge < -0.3 is 10.2 Å². The summed E-state index contributed by atoms with van der Waals surface area (Å²) in [5, 5.41) is 3.56. The fourth-order valence-corrected chi connectivity index (χ4v) is 4.94. The van der Waals surface area contributed by atoms with Crippen molar-refractivity contribution in [3.63, 3.8) is 0 Å². The summed E-state index contributed by atoms with van der Waals surface area (Å²) in [6, 6.07) is 4.14. The minimum absolute atomic E-state index is 0.742. The van der Waals surface area contributed by atoms with Gasteiger partial charge in [-0.3, -0.25) is 0 Å². The van der Waals surface area contributed by atoms with Crippen LogP contribution in [0.5, 0.6) is 0 Å². The van der Waals surface area contributed by atoms with Gasteiger partial charge in [0.1, 0.15) is 0 Å². The molecule has 18 heavy (non-hydrogen) atoms. The van der Waals surface area contributed by atoms with E-state index in [0.29, 0.717) is 0 Å². The molecule has 0 bridgehead atoms. The highest BCUT2D eigenvalue weighted by Gasteiger charge is 2.17. The maximum atomic E-state index is 3.60. The molecule has 0 aliphatic carbocycles. The zero-order chi connectivity index (χ0) is 13.1. The Labute approximate surface area is 134 Å². The Morgan fingerprint density at radius 2 is 1.94 bits per heavy atom. The molecule has 5 heteroatoms. The first kappa shape index (κ1) is 14.8. The monoisotopic (exact) mass is 438 g/mol. The van der Waals surface area contributed by atoms with Gasteiger partial charge in [0.05, 0.1) is 5.69 Å². The van der Waals surface area contributed by atoms with Gasteiger partial charge >= 0.3 is 0 Å². The van der Waals surface area contributed by atoms with Crippen LogP contribution >= 0.6 is 47.8 Å². The molecule has 0 saturated carbocycles. The number of anilines is 1. The molecule has 2 nitrogen and oxygen atoms in total. The van der Waals surface area contributed by atoms with Crippen LogP contribution in [0.1, 0.15) is 12.8 Å². The van der Waals surface area contributed by atoms with E-state index in [2.05, 4.69) is 77.2 Å². The number of nitrogens with one attached hydrogen (secondary N) is 1. The van der Waals surface area contributed by atoms with Crippen molar-refractivity contribution in [3.05, 3.63) is 25.6 Å². The Balaban J connectivity index is 1.97. The number of halogens is 3. The minimum atomic E-state index is 0.742. The van der Waals surface area contributed by atoms with Gasteiger partial charge in [0.2, 0.25) is 0 Å². The number of rotatable bonds is 3. The molecule has 0 aromatic heterocycles. The number of hydrogen-bond acceptors (Lipinski definition) is 2. The quantitative estimate of drug-likeness (QED) is 0.731. The molecule has 1 aromatic rings. The summed E-state index contributed by atoms with van der Waals surface area (Å²) in [5.41, 5.74) is 1.14. The Morgan fingerprint density at radius 1 is 1.28 bits per heavy atom. The van der Waals surface area contributed by atoms with Gasteiger partial charge in [-0.1, -0.05) is 15.9 Å². The van der Waals surface area contributed by atoms with Crippen molar-refractivity contribution in [3.8, 4) is 0 Å². The summed E-state index contributed by atoms with van der Waals surface area (Å²) in [6.07, 6.45) is 2.63. The highest BCUT2D eigenvalue weighted by Crippen LogP contribution is 2.34. The molecule has 1 aromatic carbocycles. The maximum absolute atomic E-state index is 3.60. The highest BCUT2D eigenvalue weighted by atomic mass is 79.9. The van der Waals surface area contributed by atoms with Crippen LogP contribution in [0.15, 0.2) is 25.6 Å². The second kappa shape index (κ2) is 6.73. The summed E-state index contributed by atoms with van der Waals surface area (Å²) in [4.78, 5) is 2.42. The molecule has 1 N–H and O–H groups in total. The number of likely N-dealkylation sites (tertiary alicyclic amines) is 1. The van der Waals surface area contributed by atoms with E-state index in [9.17, 15) is 0 Å². The SMILES string of the molecule is CN1CCCC(CNc2c(Br)cc(Br)cc2Br)C1. The molecule has 100 valence electrons. The van der Waals surface area contributed by atoms with E-state index < -0.39 is 0 Å². The topological polar surface area (TPSA) is 15.3 Å². The van der Waals surface area contributed by atoms with Crippen molar-refractivity contribution in [1.29, 1.82) is 0 Å². The van der Waals surface area contributed by atoms with Crippen LogP contribution in [0.2, 0.25) is 0 Å². The van der Waals surface area contributed by atoms with E-state index in [4.69, 9.17) is 0 Å². The van der Waals surface area contributed by atoms with Crippen LogP contribution < -0.4 is 5.32 Å². The number of nitrogens with zero attached hydrogens (tertiary/aromatic N) is 1. The van der Waals surface area contributed by atoms with E-state index in [-0.39, 0.29) is 0 Å². The van der Waals surface area contributed by atoms with Gasteiger partial charge in [-0.05, 0) is 76.3 Å². The van der Waals surface area contributed by atoms with Crippen molar-refractivity contribution in [2.45, 2.75) is 12.8 Å². The predicted molar refractivity (Wildman–Crippen MR) is 88.3 cm³/mol. The van der Waals surface area contributed by atoms with E-state index >= 15 is 0 Å². The highest BCUT2D eigenvalue weighted by molar-refractivity contribution is 9.11. The van der Waals surface area contributed by atoms with Crippen LogP contribution in [0.4, 0.5) is 5.69 Å². The van der Waals surface area contributed by atoms with E-state index in [1.54, 1.807) is 0 Å². The summed E-state index contributed by atoms with van der Waals surface area (Å²) >= 11 is 10.7. The minimum Gasteiger partial charge on any atom is -0.383 e. The molecule has 0 amide bonds. The Kier molecular flexibility index (Phi) is 5.54. The number of piperidine rings is 1. The average Bonchev–Trinajstić information content (AvgIpc) is 2.27. The fraction of sp³-hybridized carbons (Fsp3) is 0.538. The molecule has 1 atom stereocenters. The van der Waals surface area contributed by atoms with Crippen LogP contribution in [0.3, 0.4) is 0 Å². The average molecular weight is 441 g/mol. The van der Waals surface area contributed by atoms with Gasteiger partial charge in [0, 0.05) is 26.5 Å². The fourth-order valence-electron chi connectivity index (χ4n) is 2.40. The zero-order valence-corrected chi connectivity index (χ0v) is 15.1. The maximum Gasteiger partial charge on any atom is 0.0629 e. The molecule has 2 rings (SSSR count). The third kappa shape index (κ3) is 3.95. The largest absolute Gasteiger partial charge is 0.383 e. The van der Waals surface area contributed by atoms with E-state index in [1.165, 1.54) is 25.9 Å². The first-order chi connectivity index (χ1) is 8.56. The van der Waals surface area contributed by atoms with Crippen molar-refractivity contribution >= 4 is 53.5 Å². The Bertz CT molecular complexity index is 400. The molecule has 0 radical (unpaired) electrons. The van der Waals surface area contributed by atoms with E-state index in [1.807, 2.05) is 0 Å². The number of hydrogen-bond donors (Lipinski definition) is 1. The Hall–Kier alpha value is 0.420. The first-order valence-corrected chi connectivity index (χ1v) is 8.51. The molecule has 0 spiro atoms. The van der Waals surface area contributed by atoms with E-state index in [0.717, 1.165) is 31.6 Å². The van der Waals surface area contributed by atoms with Gasteiger partial charge in [0.25, 0.3) is 0 Å². The van der Waals surface area contributed by atoms with Crippen LogP contribution in [0.25, 0.3) is 0 Å². The first-order valence-electron chi connectivity index (χ1n) is 6.13. The molecule has 1 aliphatic rings. The smallest absolute Gasteiger partial charge is 0.0629 e. The summed E-state index contributed by atoms with van der Waals surface area (Å²) in [5.74, 6) is 0.742.